The lowest BCUT2D eigenvalue weighted by molar-refractivity contribution is 0.370. The quantitative estimate of drug-likeness (QED) is 0.664. The summed E-state index contributed by atoms with van der Waals surface area (Å²) in [6, 6.07) is 7.24. The molecule has 0 saturated heterocycles. The van der Waals surface area contributed by atoms with Crippen LogP contribution in [0.1, 0.15) is 5.89 Å². The van der Waals surface area contributed by atoms with Crippen molar-refractivity contribution in [3.8, 4) is 23.7 Å². The van der Waals surface area contributed by atoms with E-state index in [1.807, 2.05) is 12.1 Å². The van der Waals surface area contributed by atoms with E-state index in [1.54, 1.807) is 12.1 Å². The van der Waals surface area contributed by atoms with Gasteiger partial charge in [0, 0.05) is 10.6 Å². The molecule has 2 rings (SSSR count). The van der Waals surface area contributed by atoms with Crippen molar-refractivity contribution in [1.82, 2.24) is 15.5 Å². The van der Waals surface area contributed by atoms with E-state index < -0.39 is 0 Å². The van der Waals surface area contributed by atoms with Crippen molar-refractivity contribution in [2.75, 3.05) is 6.54 Å². The average Bonchev–Trinajstić information content (AvgIpc) is 2.79. The molecule has 1 aromatic heterocycles. The Bertz CT molecular complexity index is 527. The lowest BCUT2D eigenvalue weighted by Crippen LogP contribution is -2.13. The Hall–Kier alpha value is -1.83. The monoisotopic (exact) mass is 247 g/mol. The van der Waals surface area contributed by atoms with Gasteiger partial charge in [0.15, 0.2) is 0 Å². The predicted octanol–water partition coefficient (Wildman–Crippen LogP) is 2.11. The van der Waals surface area contributed by atoms with Crippen molar-refractivity contribution in [3.63, 3.8) is 0 Å². The summed E-state index contributed by atoms with van der Waals surface area (Å²) >= 11 is 5.80. The molecule has 0 saturated carbocycles. The first-order valence-electron chi connectivity index (χ1n) is 5.02. The normalized spacial score (nSPS) is 10.1. The van der Waals surface area contributed by atoms with Crippen LogP contribution in [0.3, 0.4) is 0 Å². The van der Waals surface area contributed by atoms with Gasteiger partial charge in [-0.05, 0) is 24.3 Å². The molecule has 17 heavy (non-hydrogen) atoms. The number of rotatable bonds is 4. The van der Waals surface area contributed by atoms with Crippen molar-refractivity contribution < 1.29 is 4.52 Å². The van der Waals surface area contributed by atoms with Gasteiger partial charge in [-0.15, -0.1) is 6.42 Å². The third-order valence-electron chi connectivity index (χ3n) is 2.07. The lowest BCUT2D eigenvalue weighted by Gasteiger charge is -1.94. The minimum absolute atomic E-state index is 0.463. The van der Waals surface area contributed by atoms with Gasteiger partial charge in [-0.2, -0.15) is 4.98 Å². The van der Waals surface area contributed by atoms with Gasteiger partial charge in [0.2, 0.25) is 11.7 Å². The fraction of sp³-hybridized carbons (Fsp3) is 0.167. The SMILES string of the molecule is C#CCNCc1nc(-c2ccc(Cl)cc2)no1. The van der Waals surface area contributed by atoms with Gasteiger partial charge in [-0.1, -0.05) is 22.7 Å². The number of terminal acetylenes is 1. The van der Waals surface area contributed by atoms with Gasteiger partial charge >= 0.3 is 0 Å². The zero-order valence-corrected chi connectivity index (χ0v) is 9.74. The van der Waals surface area contributed by atoms with Crippen LogP contribution in [0.25, 0.3) is 11.4 Å². The van der Waals surface area contributed by atoms with Crippen LogP contribution < -0.4 is 5.32 Å². The highest BCUT2D eigenvalue weighted by Gasteiger charge is 2.07. The number of benzene rings is 1. The van der Waals surface area contributed by atoms with Crippen LogP contribution in [0.15, 0.2) is 28.8 Å². The molecule has 0 unspecified atom stereocenters. The fourth-order valence-electron chi connectivity index (χ4n) is 1.28. The number of nitrogens with zero attached hydrogens (tertiary/aromatic N) is 2. The molecule has 0 aliphatic carbocycles. The van der Waals surface area contributed by atoms with Gasteiger partial charge in [-0.25, -0.2) is 0 Å². The van der Waals surface area contributed by atoms with Crippen LogP contribution in [0, 0.1) is 12.3 Å². The molecule has 0 amide bonds. The molecule has 1 heterocycles. The summed E-state index contributed by atoms with van der Waals surface area (Å²) in [4.78, 5) is 4.23. The molecule has 1 N–H and O–H groups in total. The van der Waals surface area contributed by atoms with E-state index in [0.717, 1.165) is 5.56 Å². The maximum absolute atomic E-state index is 5.80. The highest BCUT2D eigenvalue weighted by atomic mass is 35.5. The van der Waals surface area contributed by atoms with Crippen molar-refractivity contribution >= 4 is 11.6 Å². The van der Waals surface area contributed by atoms with E-state index in [4.69, 9.17) is 22.5 Å². The van der Waals surface area contributed by atoms with Crippen molar-refractivity contribution in [2.45, 2.75) is 6.54 Å². The summed E-state index contributed by atoms with van der Waals surface area (Å²) in [7, 11) is 0. The summed E-state index contributed by atoms with van der Waals surface area (Å²) < 4.78 is 5.07. The zero-order valence-electron chi connectivity index (χ0n) is 8.98. The Morgan fingerprint density at radius 2 is 2.12 bits per heavy atom. The van der Waals surface area contributed by atoms with E-state index in [2.05, 4.69) is 21.4 Å². The predicted molar refractivity (Wildman–Crippen MR) is 65.3 cm³/mol. The molecule has 0 fully saturated rings. The van der Waals surface area contributed by atoms with Crippen LogP contribution in [0.4, 0.5) is 0 Å². The van der Waals surface area contributed by atoms with Crippen molar-refractivity contribution in [2.24, 2.45) is 0 Å². The van der Waals surface area contributed by atoms with E-state index in [1.165, 1.54) is 0 Å². The second-order valence-corrected chi connectivity index (χ2v) is 3.76. The molecular formula is C12H10ClN3O. The number of halogens is 1. The molecule has 4 nitrogen and oxygen atoms in total. The highest BCUT2D eigenvalue weighted by molar-refractivity contribution is 6.30. The second kappa shape index (κ2) is 5.48. The van der Waals surface area contributed by atoms with Crippen LogP contribution >= 0.6 is 11.6 Å². The Labute approximate surface area is 104 Å². The molecule has 0 atom stereocenters. The molecule has 2 aromatic rings. The Balaban J connectivity index is 2.08. The van der Waals surface area contributed by atoms with E-state index >= 15 is 0 Å². The Morgan fingerprint density at radius 3 is 2.82 bits per heavy atom. The highest BCUT2D eigenvalue weighted by Crippen LogP contribution is 2.18. The lowest BCUT2D eigenvalue weighted by atomic mass is 10.2. The fourth-order valence-corrected chi connectivity index (χ4v) is 1.41. The van der Waals surface area contributed by atoms with E-state index in [9.17, 15) is 0 Å². The van der Waals surface area contributed by atoms with Crippen LogP contribution in [0.2, 0.25) is 5.02 Å². The van der Waals surface area contributed by atoms with E-state index in [-0.39, 0.29) is 0 Å². The van der Waals surface area contributed by atoms with E-state index in [0.29, 0.717) is 29.8 Å². The summed E-state index contributed by atoms with van der Waals surface area (Å²) in [6.07, 6.45) is 5.11. The minimum atomic E-state index is 0.463. The van der Waals surface area contributed by atoms with Gasteiger partial charge < -0.3 is 4.52 Å². The average molecular weight is 248 g/mol. The largest absolute Gasteiger partial charge is 0.338 e. The number of hydrogen-bond acceptors (Lipinski definition) is 4. The first-order chi connectivity index (χ1) is 8.29. The van der Waals surface area contributed by atoms with Gasteiger partial charge in [0.1, 0.15) is 0 Å². The summed E-state index contributed by atoms with van der Waals surface area (Å²) in [5, 5.41) is 7.52. The summed E-state index contributed by atoms with van der Waals surface area (Å²) in [5.74, 6) is 3.51. The van der Waals surface area contributed by atoms with Gasteiger partial charge in [0.25, 0.3) is 0 Å². The van der Waals surface area contributed by atoms with Gasteiger partial charge in [-0.3, -0.25) is 5.32 Å². The molecule has 0 bridgehead atoms. The topological polar surface area (TPSA) is 51.0 Å². The molecule has 5 heteroatoms. The summed E-state index contributed by atoms with van der Waals surface area (Å²) in [6.45, 7) is 0.934. The number of hydrogen-bond donors (Lipinski definition) is 1. The Kier molecular flexibility index (Phi) is 3.76. The van der Waals surface area contributed by atoms with Crippen LogP contribution in [0.5, 0.6) is 0 Å². The molecule has 0 aliphatic heterocycles. The number of aromatic nitrogens is 2. The maximum Gasteiger partial charge on any atom is 0.240 e. The van der Waals surface area contributed by atoms with Crippen molar-refractivity contribution in [3.05, 3.63) is 35.2 Å². The Morgan fingerprint density at radius 1 is 1.35 bits per heavy atom. The third kappa shape index (κ3) is 3.06. The second-order valence-electron chi connectivity index (χ2n) is 3.33. The maximum atomic E-state index is 5.80. The van der Waals surface area contributed by atoms with Gasteiger partial charge in [0.05, 0.1) is 13.1 Å². The molecule has 1 aromatic carbocycles. The first-order valence-corrected chi connectivity index (χ1v) is 5.40. The first kappa shape index (κ1) is 11.6. The summed E-state index contributed by atoms with van der Waals surface area (Å²) in [5.41, 5.74) is 0.862. The standard InChI is InChI=1S/C12H10ClN3O/c1-2-7-14-8-11-15-12(16-17-11)9-3-5-10(13)6-4-9/h1,3-6,14H,7-8H2. The molecule has 0 spiro atoms. The zero-order chi connectivity index (χ0) is 12.1. The smallest absolute Gasteiger partial charge is 0.240 e. The number of nitrogens with one attached hydrogen (secondary N) is 1. The molecule has 86 valence electrons. The molecular weight excluding hydrogens is 238 g/mol. The third-order valence-corrected chi connectivity index (χ3v) is 2.33. The molecule has 0 aliphatic rings. The molecule has 0 radical (unpaired) electrons. The van der Waals surface area contributed by atoms with Crippen molar-refractivity contribution in [1.29, 1.82) is 0 Å². The minimum Gasteiger partial charge on any atom is -0.338 e. The van der Waals surface area contributed by atoms with Crippen LogP contribution in [-0.4, -0.2) is 16.7 Å². The van der Waals surface area contributed by atoms with Crippen LogP contribution in [-0.2, 0) is 6.54 Å².